The molecule has 0 radical (unpaired) electrons. The number of nitrogens with two attached hydrogens (primary N) is 1. The fourth-order valence-electron chi connectivity index (χ4n) is 1.29. The van der Waals surface area contributed by atoms with E-state index in [-0.39, 0.29) is 11.2 Å². The van der Waals surface area contributed by atoms with Crippen LogP contribution >= 0.6 is 0 Å². The van der Waals surface area contributed by atoms with Crippen molar-refractivity contribution in [3.8, 4) is 0 Å². The Morgan fingerprint density at radius 1 is 1.59 bits per heavy atom. The van der Waals surface area contributed by atoms with Gasteiger partial charge < -0.3 is 11.1 Å². The molecule has 0 fully saturated rings. The number of rotatable bonds is 5. The van der Waals surface area contributed by atoms with Crippen LogP contribution in [0.15, 0.2) is 18.3 Å². The lowest BCUT2D eigenvalue weighted by Gasteiger charge is -2.34. The van der Waals surface area contributed by atoms with E-state index >= 15 is 0 Å². The van der Waals surface area contributed by atoms with Gasteiger partial charge >= 0.3 is 0 Å². The first kappa shape index (κ1) is 13.4. The van der Waals surface area contributed by atoms with Crippen LogP contribution in [-0.2, 0) is 0 Å². The molecule has 0 aliphatic rings. The molecule has 1 aromatic rings. The lowest BCUT2D eigenvalue weighted by molar-refractivity contribution is -0.385. The molecular weight excluding hydrogens is 220 g/mol. The van der Waals surface area contributed by atoms with Gasteiger partial charge in [0, 0.05) is 12.6 Å². The zero-order valence-corrected chi connectivity index (χ0v) is 10.3. The van der Waals surface area contributed by atoms with Gasteiger partial charge in [0.15, 0.2) is 0 Å². The summed E-state index contributed by atoms with van der Waals surface area (Å²) in [7, 11) is 0. The van der Waals surface area contributed by atoms with Gasteiger partial charge in [-0.15, -0.1) is 0 Å². The fraction of sp³-hybridized carbons (Fsp3) is 0.545. The second-order valence-electron chi connectivity index (χ2n) is 4.56. The van der Waals surface area contributed by atoms with Crippen LogP contribution in [0.1, 0.15) is 20.8 Å². The molecule has 0 amide bonds. The number of hydrogen-bond donors (Lipinski definition) is 2. The van der Waals surface area contributed by atoms with E-state index in [1.54, 1.807) is 6.07 Å². The van der Waals surface area contributed by atoms with Crippen molar-refractivity contribution in [3.63, 3.8) is 0 Å². The first-order chi connectivity index (χ1) is 7.89. The average molecular weight is 238 g/mol. The number of pyridine rings is 1. The molecule has 0 aliphatic carbocycles. The highest BCUT2D eigenvalue weighted by Crippen LogP contribution is 2.21. The van der Waals surface area contributed by atoms with Crippen molar-refractivity contribution in [1.29, 1.82) is 0 Å². The van der Waals surface area contributed by atoms with E-state index in [1.165, 1.54) is 12.3 Å². The zero-order chi connectivity index (χ0) is 13.1. The fourth-order valence-corrected chi connectivity index (χ4v) is 1.29. The molecule has 0 saturated carbocycles. The number of nitrogens with one attached hydrogen (secondary N) is 1. The monoisotopic (exact) mass is 238 g/mol. The summed E-state index contributed by atoms with van der Waals surface area (Å²) in [6.07, 6.45) is 1.24. The van der Waals surface area contributed by atoms with Crippen molar-refractivity contribution in [2.75, 3.05) is 11.9 Å². The normalized spacial score (nSPS) is 14.4. The van der Waals surface area contributed by atoms with Crippen molar-refractivity contribution in [1.82, 2.24) is 4.98 Å². The molecule has 0 aromatic carbocycles. The maximum atomic E-state index is 10.5. The third kappa shape index (κ3) is 3.13. The lowest BCUT2D eigenvalue weighted by atomic mass is 9.88. The van der Waals surface area contributed by atoms with Gasteiger partial charge in [0.25, 0.3) is 5.69 Å². The van der Waals surface area contributed by atoms with Crippen LogP contribution in [0.4, 0.5) is 11.5 Å². The van der Waals surface area contributed by atoms with Crippen molar-refractivity contribution in [2.24, 2.45) is 11.7 Å². The number of anilines is 1. The molecule has 6 heteroatoms. The second kappa shape index (κ2) is 5.09. The molecule has 0 spiro atoms. The van der Waals surface area contributed by atoms with E-state index in [0.29, 0.717) is 18.3 Å². The summed E-state index contributed by atoms with van der Waals surface area (Å²) in [6, 6.07) is 3.01. The number of hydrogen-bond acceptors (Lipinski definition) is 5. The van der Waals surface area contributed by atoms with Gasteiger partial charge in [-0.25, -0.2) is 4.98 Å². The first-order valence-electron chi connectivity index (χ1n) is 5.48. The second-order valence-corrected chi connectivity index (χ2v) is 4.56. The highest BCUT2D eigenvalue weighted by Gasteiger charge is 2.26. The summed E-state index contributed by atoms with van der Waals surface area (Å²) in [6.45, 7) is 6.58. The van der Waals surface area contributed by atoms with Crippen molar-refractivity contribution >= 4 is 11.5 Å². The molecule has 1 rings (SSSR count). The Kier molecular flexibility index (Phi) is 4.01. The van der Waals surface area contributed by atoms with Crippen LogP contribution < -0.4 is 11.1 Å². The Morgan fingerprint density at radius 2 is 2.24 bits per heavy atom. The molecule has 0 saturated heterocycles. The smallest absolute Gasteiger partial charge is 0.287 e. The SMILES string of the molecule is CC(C)C(C)(CN)Nc1ccc([N+](=O)[O-])cn1. The zero-order valence-electron chi connectivity index (χ0n) is 10.3. The van der Waals surface area contributed by atoms with E-state index in [4.69, 9.17) is 5.73 Å². The minimum Gasteiger partial charge on any atom is -0.363 e. The summed E-state index contributed by atoms with van der Waals surface area (Å²) in [5.41, 5.74) is 5.44. The topological polar surface area (TPSA) is 94.1 Å². The molecule has 0 aliphatic heterocycles. The van der Waals surface area contributed by atoms with E-state index in [2.05, 4.69) is 24.1 Å². The van der Waals surface area contributed by atoms with Crippen LogP contribution in [0.2, 0.25) is 0 Å². The van der Waals surface area contributed by atoms with Gasteiger partial charge in [-0.3, -0.25) is 10.1 Å². The largest absolute Gasteiger partial charge is 0.363 e. The minimum absolute atomic E-state index is 0.0189. The standard InChI is InChI=1S/C11H18N4O2/c1-8(2)11(3,7-12)14-10-5-4-9(6-13-10)15(16)17/h4-6,8H,7,12H2,1-3H3,(H,13,14). The van der Waals surface area contributed by atoms with Gasteiger partial charge in [0.2, 0.25) is 0 Å². The van der Waals surface area contributed by atoms with Gasteiger partial charge in [-0.05, 0) is 18.9 Å². The Balaban J connectivity index is 2.85. The van der Waals surface area contributed by atoms with Crippen LogP contribution in [0.3, 0.4) is 0 Å². The van der Waals surface area contributed by atoms with E-state index in [0.717, 1.165) is 0 Å². The highest BCUT2D eigenvalue weighted by atomic mass is 16.6. The predicted octanol–water partition coefficient (Wildman–Crippen LogP) is 1.78. The van der Waals surface area contributed by atoms with E-state index < -0.39 is 4.92 Å². The Labute approximate surface area is 100 Å². The third-order valence-corrected chi connectivity index (χ3v) is 3.07. The van der Waals surface area contributed by atoms with Crippen LogP contribution in [0.5, 0.6) is 0 Å². The van der Waals surface area contributed by atoms with E-state index in [1.807, 2.05) is 6.92 Å². The summed E-state index contributed by atoms with van der Waals surface area (Å²) in [5, 5.41) is 13.7. The molecule has 1 atom stereocenters. The molecule has 3 N–H and O–H groups in total. The number of nitro groups is 1. The van der Waals surface area contributed by atoms with E-state index in [9.17, 15) is 10.1 Å². The van der Waals surface area contributed by atoms with Crippen LogP contribution in [-0.4, -0.2) is 22.0 Å². The summed E-state index contributed by atoms with van der Waals surface area (Å²) in [4.78, 5) is 14.0. The summed E-state index contributed by atoms with van der Waals surface area (Å²) >= 11 is 0. The van der Waals surface area contributed by atoms with Gasteiger partial charge in [-0.1, -0.05) is 13.8 Å². The third-order valence-electron chi connectivity index (χ3n) is 3.07. The van der Waals surface area contributed by atoms with Gasteiger partial charge in [0.05, 0.1) is 10.5 Å². The average Bonchev–Trinajstić information content (AvgIpc) is 2.29. The molecule has 1 unspecified atom stereocenters. The van der Waals surface area contributed by atoms with Crippen molar-refractivity contribution in [3.05, 3.63) is 28.4 Å². The maximum Gasteiger partial charge on any atom is 0.287 e. The maximum absolute atomic E-state index is 10.5. The molecule has 6 nitrogen and oxygen atoms in total. The van der Waals surface area contributed by atoms with Crippen molar-refractivity contribution in [2.45, 2.75) is 26.3 Å². The Bertz CT molecular complexity index is 391. The summed E-state index contributed by atoms with van der Waals surface area (Å²) < 4.78 is 0. The quantitative estimate of drug-likeness (QED) is 0.602. The van der Waals surface area contributed by atoms with Crippen LogP contribution in [0, 0.1) is 16.0 Å². The molecule has 17 heavy (non-hydrogen) atoms. The highest BCUT2D eigenvalue weighted by molar-refractivity contribution is 5.42. The minimum atomic E-state index is -0.471. The van der Waals surface area contributed by atoms with Gasteiger partial charge in [0.1, 0.15) is 12.0 Å². The molecular formula is C11H18N4O2. The van der Waals surface area contributed by atoms with Crippen LogP contribution in [0.25, 0.3) is 0 Å². The van der Waals surface area contributed by atoms with Crippen molar-refractivity contribution < 1.29 is 4.92 Å². The molecule has 1 heterocycles. The Morgan fingerprint density at radius 3 is 2.59 bits per heavy atom. The Hall–Kier alpha value is -1.69. The number of aromatic nitrogens is 1. The molecule has 0 bridgehead atoms. The predicted molar refractivity (Wildman–Crippen MR) is 66.8 cm³/mol. The molecule has 94 valence electrons. The summed E-state index contributed by atoms with van der Waals surface area (Å²) in [5.74, 6) is 0.918. The first-order valence-corrected chi connectivity index (χ1v) is 5.48. The number of nitrogens with zero attached hydrogens (tertiary/aromatic N) is 2. The lowest BCUT2D eigenvalue weighted by Crippen LogP contribution is -2.47. The van der Waals surface area contributed by atoms with Gasteiger partial charge in [-0.2, -0.15) is 0 Å². The molecule has 1 aromatic heterocycles.